The number of alkyl halides is 3. The van der Waals surface area contributed by atoms with Gasteiger partial charge in [0.2, 0.25) is 0 Å². The summed E-state index contributed by atoms with van der Waals surface area (Å²) in [5, 5.41) is 23.3. The number of hydrogen-bond donors (Lipinski definition) is 2. The van der Waals surface area contributed by atoms with E-state index in [0.717, 1.165) is 18.2 Å². The summed E-state index contributed by atoms with van der Waals surface area (Å²) >= 11 is 3.09. The topological polar surface area (TPSA) is 167 Å². The summed E-state index contributed by atoms with van der Waals surface area (Å²) in [5.41, 5.74) is -0.452. The van der Waals surface area contributed by atoms with Crippen LogP contribution in [0.1, 0.15) is 27.8 Å². The highest BCUT2D eigenvalue weighted by molar-refractivity contribution is 9.10. The molecule has 0 spiro atoms. The number of hydrogen-bond acceptors (Lipinski definition) is 9. The highest BCUT2D eigenvalue weighted by atomic mass is 79.9. The number of aromatic nitrogens is 4. The van der Waals surface area contributed by atoms with E-state index in [1.54, 1.807) is 6.92 Å². The summed E-state index contributed by atoms with van der Waals surface area (Å²) in [6.07, 6.45) is -4.53. The van der Waals surface area contributed by atoms with Gasteiger partial charge >= 0.3 is 23.8 Å². The second-order valence-electron chi connectivity index (χ2n) is 7.07. The van der Waals surface area contributed by atoms with Gasteiger partial charge in [0.15, 0.2) is 12.4 Å². The van der Waals surface area contributed by atoms with Gasteiger partial charge in [-0.2, -0.15) is 22.8 Å². The van der Waals surface area contributed by atoms with Crippen molar-refractivity contribution >= 4 is 33.6 Å². The molecule has 2 heterocycles. The number of halogens is 4. The lowest BCUT2D eigenvalue weighted by Crippen LogP contribution is -2.36. The van der Waals surface area contributed by atoms with Gasteiger partial charge in [-0.3, -0.25) is 9.59 Å². The summed E-state index contributed by atoms with van der Waals surface area (Å²) in [5.74, 6) is -2.16. The molecule has 17 heteroatoms. The first-order chi connectivity index (χ1) is 17.0. The van der Waals surface area contributed by atoms with Gasteiger partial charge in [-0.25, -0.2) is 0 Å². The summed E-state index contributed by atoms with van der Waals surface area (Å²) in [6.45, 7) is 0.947. The van der Waals surface area contributed by atoms with Crippen LogP contribution in [0.25, 0.3) is 0 Å². The van der Waals surface area contributed by atoms with Crippen molar-refractivity contribution in [3.8, 4) is 5.75 Å². The second kappa shape index (κ2) is 11.1. The standard InChI is InChI=1S/C19H17BrF3N7O6/c1-10-15(20)16(30(33)34)27-29(10)8-13-26-18(36-28-13)17(32)25-6-5-24-14(31)9-35-12-4-2-3-11(7-12)19(21,22)23/h2-4,7H,5-6,8-9H2,1H3,(H,24,31)(H,25,32). The SMILES string of the molecule is Cc1c(Br)c([N+](=O)[O-])nn1Cc1noc(C(=O)NCCNC(=O)COc2cccc(C(F)(F)F)c2)n1. The van der Waals surface area contributed by atoms with E-state index in [1.807, 2.05) is 0 Å². The van der Waals surface area contributed by atoms with Crippen molar-refractivity contribution < 1.29 is 36.9 Å². The summed E-state index contributed by atoms with van der Waals surface area (Å²) in [6, 6.07) is 4.11. The van der Waals surface area contributed by atoms with Gasteiger partial charge in [0, 0.05) is 13.1 Å². The molecular weight excluding hydrogens is 559 g/mol. The number of carbonyl (C=O) groups is 2. The van der Waals surface area contributed by atoms with Crippen molar-refractivity contribution in [2.24, 2.45) is 0 Å². The molecule has 1 aromatic carbocycles. The third-order valence-electron chi connectivity index (χ3n) is 4.51. The number of amides is 2. The zero-order valence-electron chi connectivity index (χ0n) is 18.3. The number of nitrogens with one attached hydrogen (secondary N) is 2. The Balaban J connectivity index is 1.42. The average molecular weight is 576 g/mol. The lowest BCUT2D eigenvalue weighted by molar-refractivity contribution is -0.390. The molecule has 0 aliphatic rings. The zero-order valence-corrected chi connectivity index (χ0v) is 19.9. The molecule has 0 unspecified atom stereocenters. The molecule has 2 aromatic heterocycles. The molecule has 2 N–H and O–H groups in total. The second-order valence-corrected chi connectivity index (χ2v) is 7.87. The Morgan fingerprint density at radius 3 is 2.67 bits per heavy atom. The van der Waals surface area contributed by atoms with E-state index in [1.165, 1.54) is 10.7 Å². The number of ether oxygens (including phenoxy) is 1. The molecule has 36 heavy (non-hydrogen) atoms. The Bertz CT molecular complexity index is 1280. The first kappa shape index (κ1) is 26.6. The fraction of sp³-hybridized carbons (Fsp3) is 0.316. The minimum absolute atomic E-state index is 0.0122. The Morgan fingerprint density at radius 2 is 2.00 bits per heavy atom. The van der Waals surface area contributed by atoms with Crippen LogP contribution in [0.4, 0.5) is 19.0 Å². The number of nitro groups is 1. The van der Waals surface area contributed by atoms with Gasteiger partial charge in [0.05, 0.1) is 16.4 Å². The molecule has 0 aliphatic heterocycles. The van der Waals surface area contributed by atoms with Crippen LogP contribution in [0.5, 0.6) is 5.75 Å². The Labute approximate surface area is 208 Å². The van der Waals surface area contributed by atoms with Crippen molar-refractivity contribution in [1.29, 1.82) is 0 Å². The molecule has 2 amide bonds. The van der Waals surface area contributed by atoms with E-state index in [4.69, 9.17) is 9.26 Å². The van der Waals surface area contributed by atoms with Crippen molar-refractivity contribution in [2.45, 2.75) is 19.6 Å². The normalized spacial score (nSPS) is 11.2. The fourth-order valence-corrected chi connectivity index (χ4v) is 3.17. The summed E-state index contributed by atoms with van der Waals surface area (Å²) < 4.78 is 49.5. The van der Waals surface area contributed by atoms with Crippen LogP contribution in [0.3, 0.4) is 0 Å². The largest absolute Gasteiger partial charge is 0.484 e. The fourth-order valence-electron chi connectivity index (χ4n) is 2.74. The predicted octanol–water partition coefficient (Wildman–Crippen LogP) is 2.24. The van der Waals surface area contributed by atoms with Crippen LogP contribution < -0.4 is 15.4 Å². The van der Waals surface area contributed by atoms with E-state index < -0.39 is 35.1 Å². The molecule has 0 bridgehead atoms. The van der Waals surface area contributed by atoms with E-state index >= 15 is 0 Å². The van der Waals surface area contributed by atoms with Gasteiger partial charge < -0.3 is 30.0 Å². The number of benzene rings is 1. The zero-order chi connectivity index (χ0) is 26.5. The molecule has 13 nitrogen and oxygen atoms in total. The van der Waals surface area contributed by atoms with Crippen molar-refractivity contribution in [3.63, 3.8) is 0 Å². The average Bonchev–Trinajstić information content (AvgIpc) is 3.40. The van der Waals surface area contributed by atoms with E-state index in [-0.39, 0.29) is 47.4 Å². The Kier molecular flexibility index (Phi) is 8.23. The van der Waals surface area contributed by atoms with E-state index in [2.05, 4.69) is 41.8 Å². The first-order valence-corrected chi connectivity index (χ1v) is 10.8. The van der Waals surface area contributed by atoms with Crippen LogP contribution in [0.15, 0.2) is 33.3 Å². The maximum atomic E-state index is 12.7. The van der Waals surface area contributed by atoms with Gasteiger partial charge in [-0.05, 0) is 46.0 Å². The number of nitrogens with zero attached hydrogens (tertiary/aromatic N) is 5. The highest BCUT2D eigenvalue weighted by Gasteiger charge is 2.30. The van der Waals surface area contributed by atoms with Gasteiger partial charge in [-0.15, -0.1) is 0 Å². The smallest absolute Gasteiger partial charge is 0.416 e. The Hall–Kier alpha value is -4.02. The van der Waals surface area contributed by atoms with Crippen molar-refractivity contribution in [3.05, 3.63) is 61.8 Å². The van der Waals surface area contributed by atoms with Crippen LogP contribution in [-0.2, 0) is 17.5 Å². The lowest BCUT2D eigenvalue weighted by atomic mass is 10.2. The van der Waals surface area contributed by atoms with Crippen molar-refractivity contribution in [2.75, 3.05) is 19.7 Å². The van der Waals surface area contributed by atoms with Gasteiger partial charge in [-0.1, -0.05) is 11.2 Å². The lowest BCUT2D eigenvalue weighted by Gasteiger charge is -2.10. The summed E-state index contributed by atoms with van der Waals surface area (Å²) in [4.78, 5) is 38.2. The van der Waals surface area contributed by atoms with Crippen LogP contribution in [-0.4, -0.2) is 56.4 Å². The minimum atomic E-state index is -4.53. The molecule has 0 radical (unpaired) electrons. The van der Waals surface area contributed by atoms with Crippen molar-refractivity contribution in [1.82, 2.24) is 30.6 Å². The maximum Gasteiger partial charge on any atom is 0.416 e. The molecule has 0 atom stereocenters. The number of rotatable bonds is 10. The van der Waals surface area contributed by atoms with Crippen LogP contribution in [0, 0.1) is 17.0 Å². The van der Waals surface area contributed by atoms with Crippen LogP contribution in [0.2, 0.25) is 0 Å². The molecule has 0 fully saturated rings. The number of carbonyl (C=O) groups excluding carboxylic acids is 2. The first-order valence-electron chi connectivity index (χ1n) is 10.0. The third-order valence-corrected chi connectivity index (χ3v) is 5.44. The third kappa shape index (κ3) is 6.77. The van der Waals surface area contributed by atoms with Gasteiger partial charge in [0.25, 0.3) is 5.91 Å². The highest BCUT2D eigenvalue weighted by Crippen LogP contribution is 2.31. The van der Waals surface area contributed by atoms with E-state index in [9.17, 15) is 32.9 Å². The summed E-state index contributed by atoms with van der Waals surface area (Å²) in [7, 11) is 0. The Morgan fingerprint density at radius 1 is 1.28 bits per heavy atom. The molecule has 3 aromatic rings. The minimum Gasteiger partial charge on any atom is -0.484 e. The molecule has 192 valence electrons. The van der Waals surface area contributed by atoms with E-state index in [0.29, 0.717) is 5.69 Å². The molecule has 0 saturated carbocycles. The predicted molar refractivity (Wildman–Crippen MR) is 117 cm³/mol. The molecular formula is C19H17BrF3N7O6. The monoisotopic (exact) mass is 575 g/mol. The molecule has 3 rings (SSSR count). The maximum absolute atomic E-state index is 12.7. The van der Waals surface area contributed by atoms with Crippen LogP contribution >= 0.6 is 15.9 Å². The molecule has 0 aliphatic carbocycles. The quantitative estimate of drug-likeness (QED) is 0.209. The van der Waals surface area contributed by atoms with Gasteiger partial charge in [0.1, 0.15) is 16.8 Å². The molecule has 0 saturated heterocycles.